The van der Waals surface area contributed by atoms with E-state index in [9.17, 15) is 26.4 Å². The van der Waals surface area contributed by atoms with E-state index in [2.05, 4.69) is 6.58 Å². The minimum Gasteiger partial charge on any atom is -0.458 e. The van der Waals surface area contributed by atoms with Crippen LogP contribution in [0.4, 0.5) is 13.2 Å². The van der Waals surface area contributed by atoms with Crippen molar-refractivity contribution in [3.63, 3.8) is 0 Å². The van der Waals surface area contributed by atoms with E-state index >= 15 is 0 Å². The quantitative estimate of drug-likeness (QED) is 0.433. The zero-order valence-electron chi connectivity index (χ0n) is 13.1. The maximum Gasteiger partial charge on any atom is 0.422 e. The van der Waals surface area contributed by atoms with E-state index in [1.54, 1.807) is 0 Å². The minimum absolute atomic E-state index is 0.178. The van der Waals surface area contributed by atoms with Gasteiger partial charge in [-0.25, -0.2) is 4.79 Å². The van der Waals surface area contributed by atoms with E-state index in [1.165, 1.54) is 0 Å². The van der Waals surface area contributed by atoms with Gasteiger partial charge in [0.05, 0.1) is 11.9 Å². The Bertz CT molecular complexity index is 653. The predicted octanol–water partition coefficient (Wildman–Crippen LogP) is 2.57. The molecule has 136 valence electrons. The van der Waals surface area contributed by atoms with Crippen LogP contribution < -0.4 is 0 Å². The molecule has 0 heterocycles. The average molecular weight is 368 g/mol. The summed E-state index contributed by atoms with van der Waals surface area (Å²) < 4.78 is 71.2. The molecule has 9 heteroatoms. The molecule has 0 N–H and O–H groups in total. The second-order valence-corrected chi connectivity index (χ2v) is 8.86. The van der Waals surface area contributed by atoms with Crippen molar-refractivity contribution in [2.45, 2.75) is 50.0 Å². The summed E-state index contributed by atoms with van der Waals surface area (Å²) >= 11 is 0. The highest BCUT2D eigenvalue weighted by atomic mass is 32.2. The Morgan fingerprint density at radius 1 is 1.17 bits per heavy atom. The van der Waals surface area contributed by atoms with Crippen molar-refractivity contribution in [3.05, 3.63) is 12.2 Å². The molecule has 4 fully saturated rings. The van der Waals surface area contributed by atoms with Gasteiger partial charge in [0.15, 0.2) is 0 Å². The Hall–Kier alpha value is -1.09. The number of alkyl halides is 3. The number of carbonyl (C=O) groups is 1. The van der Waals surface area contributed by atoms with Gasteiger partial charge in [0.2, 0.25) is 0 Å². The molecule has 24 heavy (non-hydrogen) atoms. The van der Waals surface area contributed by atoms with E-state index in [-0.39, 0.29) is 17.8 Å². The van der Waals surface area contributed by atoms with Crippen molar-refractivity contribution in [3.8, 4) is 0 Å². The minimum atomic E-state index is -4.82. The smallest absolute Gasteiger partial charge is 0.422 e. The average Bonchev–Trinajstić information content (AvgIpc) is 2.37. The first-order chi connectivity index (χ1) is 10.9. The molecule has 4 bridgehead atoms. The Morgan fingerprint density at radius 3 is 2.17 bits per heavy atom. The van der Waals surface area contributed by atoms with Gasteiger partial charge in [0.1, 0.15) is 11.7 Å². The lowest BCUT2D eigenvalue weighted by Crippen LogP contribution is -2.59. The number of esters is 1. The van der Waals surface area contributed by atoms with E-state index in [0.29, 0.717) is 32.1 Å². The summed E-state index contributed by atoms with van der Waals surface area (Å²) in [6, 6.07) is 0. The van der Waals surface area contributed by atoms with Crippen LogP contribution in [0.1, 0.15) is 32.1 Å². The lowest BCUT2D eigenvalue weighted by Gasteiger charge is -2.58. The molecule has 0 saturated heterocycles. The molecule has 0 spiro atoms. The van der Waals surface area contributed by atoms with Gasteiger partial charge >= 0.3 is 12.1 Å². The van der Waals surface area contributed by atoms with Crippen molar-refractivity contribution in [2.24, 2.45) is 17.8 Å². The molecule has 4 aliphatic rings. The van der Waals surface area contributed by atoms with Gasteiger partial charge in [-0.05, 0) is 49.9 Å². The molecule has 0 radical (unpaired) electrons. The molecule has 0 aromatic rings. The van der Waals surface area contributed by atoms with E-state index < -0.39 is 39.5 Å². The molecule has 0 amide bonds. The third-order valence-electron chi connectivity index (χ3n) is 5.29. The van der Waals surface area contributed by atoms with Crippen molar-refractivity contribution >= 4 is 16.1 Å². The number of carbonyl (C=O) groups excluding carboxylic acids is 1. The molecular formula is C15H19F3O5S. The van der Waals surface area contributed by atoms with Crippen LogP contribution in [0.15, 0.2) is 12.2 Å². The van der Waals surface area contributed by atoms with Crippen LogP contribution in [0.25, 0.3) is 0 Å². The predicted molar refractivity (Wildman–Crippen MR) is 77.3 cm³/mol. The summed E-state index contributed by atoms with van der Waals surface area (Å²) in [4.78, 5) is 11.7. The van der Waals surface area contributed by atoms with Crippen LogP contribution in [0.2, 0.25) is 0 Å². The topological polar surface area (TPSA) is 69.7 Å². The van der Waals surface area contributed by atoms with E-state index in [0.717, 1.165) is 6.26 Å². The summed E-state index contributed by atoms with van der Waals surface area (Å²) in [5.74, 6) is -1.55. The zero-order chi connectivity index (χ0) is 17.9. The summed E-state index contributed by atoms with van der Waals surface area (Å²) in [5.41, 5.74) is -2.31. The number of rotatable bonds is 4. The summed E-state index contributed by atoms with van der Waals surface area (Å²) in [6.07, 6.45) is -1.65. The van der Waals surface area contributed by atoms with Crippen LogP contribution in [-0.2, 0) is 23.8 Å². The van der Waals surface area contributed by atoms with Gasteiger partial charge in [-0.15, -0.1) is 0 Å². The van der Waals surface area contributed by atoms with Crippen LogP contribution in [0, 0.1) is 17.8 Å². The first-order valence-electron chi connectivity index (χ1n) is 7.76. The van der Waals surface area contributed by atoms with Crippen LogP contribution >= 0.6 is 0 Å². The highest BCUT2D eigenvalue weighted by Crippen LogP contribution is 2.58. The van der Waals surface area contributed by atoms with Crippen molar-refractivity contribution in [2.75, 3.05) is 6.26 Å². The number of hydrogen-bond donors (Lipinski definition) is 0. The van der Waals surface area contributed by atoms with Gasteiger partial charge in [-0.1, -0.05) is 6.58 Å². The molecule has 4 aliphatic carbocycles. The molecule has 2 unspecified atom stereocenters. The summed E-state index contributed by atoms with van der Waals surface area (Å²) in [6.45, 7) is 2.77. The normalized spacial score (nSPS) is 38.2. The fraction of sp³-hybridized carbons (Fsp3) is 0.800. The Labute approximate surface area is 138 Å². The fourth-order valence-corrected chi connectivity index (χ4v) is 5.68. The van der Waals surface area contributed by atoms with E-state index in [4.69, 9.17) is 8.92 Å². The monoisotopic (exact) mass is 368 g/mol. The number of halogens is 3. The van der Waals surface area contributed by atoms with Crippen molar-refractivity contribution in [1.82, 2.24) is 0 Å². The van der Waals surface area contributed by atoms with Crippen molar-refractivity contribution in [1.29, 1.82) is 0 Å². The highest BCUT2D eigenvalue weighted by molar-refractivity contribution is 7.86. The lowest BCUT2D eigenvalue weighted by atomic mass is 9.53. The molecule has 4 saturated carbocycles. The molecule has 4 rings (SSSR count). The van der Waals surface area contributed by atoms with Gasteiger partial charge in [-0.2, -0.15) is 21.6 Å². The maximum absolute atomic E-state index is 12.6. The Morgan fingerprint density at radius 2 is 1.71 bits per heavy atom. The third-order valence-corrected chi connectivity index (χ3v) is 5.95. The van der Waals surface area contributed by atoms with Crippen LogP contribution in [0.5, 0.6) is 0 Å². The van der Waals surface area contributed by atoms with Crippen LogP contribution in [-0.4, -0.2) is 38.5 Å². The highest BCUT2D eigenvalue weighted by Gasteiger charge is 2.59. The molecule has 0 aromatic heterocycles. The number of hydrogen-bond acceptors (Lipinski definition) is 5. The second kappa shape index (κ2) is 5.45. The molecule has 5 nitrogen and oxygen atoms in total. The second-order valence-electron chi connectivity index (χ2n) is 7.29. The Kier molecular flexibility index (Phi) is 4.03. The Balaban J connectivity index is 1.74. The van der Waals surface area contributed by atoms with Gasteiger partial charge in [0, 0.05) is 0 Å². The summed E-state index contributed by atoms with van der Waals surface area (Å²) in [7, 11) is -3.63. The number of ether oxygens (including phenoxy) is 1. The molecule has 0 aliphatic heterocycles. The van der Waals surface area contributed by atoms with Crippen LogP contribution in [0.3, 0.4) is 0 Å². The van der Waals surface area contributed by atoms with Gasteiger partial charge in [0.25, 0.3) is 10.1 Å². The fourth-order valence-electron chi connectivity index (χ4n) is 4.83. The van der Waals surface area contributed by atoms with E-state index in [1.807, 2.05) is 0 Å². The standard InChI is InChI=1S/C15H19F3O5S/c1-8(15(16,17)18)13(19)22-12-10-3-9-4-11(12)7-14(5-9,6-10)23-24(2,20)21/h9-12H,1,3-7H2,2H3. The SMILES string of the molecule is C=C(C(=O)OC1C2CC3CC1CC(OS(C)(=O)=O)(C3)C2)C(F)(F)F. The van der Waals surface area contributed by atoms with Crippen molar-refractivity contribution < 1.29 is 35.3 Å². The lowest BCUT2D eigenvalue weighted by molar-refractivity contribution is -0.193. The molecular weight excluding hydrogens is 349 g/mol. The molecule has 0 aromatic carbocycles. The molecule has 2 atom stereocenters. The summed E-state index contributed by atoms with van der Waals surface area (Å²) in [5, 5.41) is 0. The third kappa shape index (κ3) is 3.33. The maximum atomic E-state index is 12.6. The largest absolute Gasteiger partial charge is 0.458 e. The van der Waals surface area contributed by atoms with Gasteiger partial charge < -0.3 is 4.74 Å². The first-order valence-corrected chi connectivity index (χ1v) is 9.58. The zero-order valence-corrected chi connectivity index (χ0v) is 14.0. The first kappa shape index (κ1) is 17.7. The van der Waals surface area contributed by atoms with Gasteiger partial charge in [-0.3, -0.25) is 4.18 Å².